The summed E-state index contributed by atoms with van der Waals surface area (Å²) in [5.41, 5.74) is 2.10. The van der Waals surface area contributed by atoms with Crippen molar-refractivity contribution in [1.82, 2.24) is 9.88 Å². The number of esters is 1. The van der Waals surface area contributed by atoms with Crippen molar-refractivity contribution in [2.75, 3.05) is 18.0 Å². The minimum atomic E-state index is -0.893. The smallest absolute Gasteiger partial charge is 0.308 e. The average molecular weight is 637 g/mol. The van der Waals surface area contributed by atoms with E-state index in [9.17, 15) is 24.5 Å². The quantitative estimate of drug-likeness (QED) is 0.270. The van der Waals surface area contributed by atoms with Crippen molar-refractivity contribution in [2.45, 2.75) is 109 Å². The Morgan fingerprint density at radius 3 is 2.61 bits per heavy atom. The number of fused-ring (bicyclic) bond motifs is 8. The summed E-state index contributed by atoms with van der Waals surface area (Å²) in [5, 5.41) is 14.8. The Hall–Kier alpha value is -3.77. The van der Waals surface area contributed by atoms with Crippen molar-refractivity contribution in [2.24, 2.45) is 11.8 Å². The molecule has 1 aromatic heterocycles. The molecule has 1 aromatic carbocycles. The molecule has 5 heterocycles. The third kappa shape index (κ3) is 6.69. The van der Waals surface area contributed by atoms with Gasteiger partial charge in [0.15, 0.2) is 5.79 Å². The summed E-state index contributed by atoms with van der Waals surface area (Å²) in [7, 11) is 0. The highest BCUT2D eigenvalue weighted by Gasteiger charge is 2.49. The number of ether oxygens (including phenoxy) is 3. The van der Waals surface area contributed by atoms with Gasteiger partial charge in [0.2, 0.25) is 5.91 Å². The van der Waals surface area contributed by atoms with E-state index in [0.717, 1.165) is 23.4 Å². The Balaban J connectivity index is 1.18. The van der Waals surface area contributed by atoms with Crippen LogP contribution in [0.25, 0.3) is 0 Å². The number of amides is 1. The number of nitrogens with one attached hydrogen (secondary N) is 1. The molecule has 0 saturated carbocycles. The Labute approximate surface area is 268 Å². The number of benzene rings is 1. The molecule has 2 unspecified atom stereocenters. The fraction of sp³-hybridized carbons (Fsp3) is 0.618. The number of nitrogens with zero attached hydrogens (tertiary/aromatic N) is 3. The molecular formula is C34H44N4O8. The first-order chi connectivity index (χ1) is 21.7. The number of anilines is 1. The molecule has 46 heavy (non-hydrogen) atoms. The lowest BCUT2D eigenvalue weighted by Gasteiger charge is -2.54. The van der Waals surface area contributed by atoms with Gasteiger partial charge in [-0.2, -0.15) is 0 Å². The summed E-state index contributed by atoms with van der Waals surface area (Å²) < 4.78 is 19.5. The van der Waals surface area contributed by atoms with E-state index in [1.54, 1.807) is 18.2 Å². The molecule has 248 valence electrons. The maximum atomic E-state index is 14.0. The molecule has 6 rings (SSSR count). The first kappa shape index (κ1) is 32.2. The number of non-ortho nitro benzene ring substituents is 1. The monoisotopic (exact) mass is 636 g/mol. The van der Waals surface area contributed by atoms with Gasteiger partial charge >= 0.3 is 5.97 Å². The highest BCUT2D eigenvalue weighted by atomic mass is 16.7. The number of carbonyl (C=O) groups excluding carboxylic acids is 2. The van der Waals surface area contributed by atoms with Crippen molar-refractivity contribution in [3.8, 4) is 0 Å². The van der Waals surface area contributed by atoms with Crippen molar-refractivity contribution >= 4 is 23.3 Å². The number of aromatic nitrogens is 1. The standard InChI is InChI=1S/C34H44N4O8/c1-33(2,3)46-30(40)17-25-16-24(44-34(4,5)45-25)11-12-35-32(41)26-15-20-14-23(38(42)43)9-10-28(20)37-18-21-13-22(31(26)37)19-36-27(21)7-6-8-29(36)39/h6-10,14,21-22,24-26,31H,11-13,15-19H2,1-5H3,(H,35,41)/t21?,22?,24-,25-,26-,31+/m1/s1. The predicted octanol–water partition coefficient (Wildman–Crippen LogP) is 4.07. The number of carbonyl (C=O) groups is 2. The van der Waals surface area contributed by atoms with Gasteiger partial charge in [0, 0.05) is 67.6 Å². The zero-order chi connectivity index (χ0) is 33.0. The van der Waals surface area contributed by atoms with Crippen LogP contribution in [0, 0.1) is 22.0 Å². The van der Waals surface area contributed by atoms with E-state index in [-0.39, 0.29) is 59.6 Å². The number of pyridine rings is 1. The van der Waals surface area contributed by atoms with E-state index >= 15 is 0 Å². The maximum absolute atomic E-state index is 14.0. The minimum absolute atomic E-state index is 0.00526. The van der Waals surface area contributed by atoms with Gasteiger partial charge < -0.3 is 29.0 Å². The van der Waals surface area contributed by atoms with Gasteiger partial charge in [-0.1, -0.05) is 6.07 Å². The average Bonchev–Trinajstić information content (AvgIpc) is 2.95. The van der Waals surface area contributed by atoms with Gasteiger partial charge in [-0.05, 0) is 77.5 Å². The van der Waals surface area contributed by atoms with E-state index in [1.165, 1.54) is 6.07 Å². The van der Waals surface area contributed by atoms with E-state index < -0.39 is 22.2 Å². The van der Waals surface area contributed by atoms with Gasteiger partial charge in [-0.3, -0.25) is 24.5 Å². The van der Waals surface area contributed by atoms with E-state index in [2.05, 4.69) is 10.2 Å². The molecule has 1 amide bonds. The summed E-state index contributed by atoms with van der Waals surface area (Å²) in [4.78, 5) is 52.8. The second-order valence-electron chi connectivity index (χ2n) is 14.6. The van der Waals surface area contributed by atoms with Crippen molar-refractivity contribution in [3.63, 3.8) is 0 Å². The van der Waals surface area contributed by atoms with Crippen LogP contribution in [0.15, 0.2) is 41.2 Å². The number of hydrogen-bond donors (Lipinski definition) is 1. The molecule has 0 radical (unpaired) electrons. The summed E-state index contributed by atoms with van der Waals surface area (Å²) in [6, 6.07) is 10.2. The van der Waals surface area contributed by atoms with Gasteiger partial charge in [0.25, 0.3) is 11.2 Å². The number of rotatable bonds is 7. The molecule has 12 heteroatoms. The second kappa shape index (κ2) is 12.1. The Kier molecular flexibility index (Phi) is 8.47. The lowest BCUT2D eigenvalue weighted by Crippen LogP contribution is -2.61. The normalized spacial score (nSPS) is 27.9. The van der Waals surface area contributed by atoms with Crippen LogP contribution in [0.4, 0.5) is 11.4 Å². The Morgan fingerprint density at radius 1 is 1.11 bits per heavy atom. The molecule has 6 atom stereocenters. The van der Waals surface area contributed by atoms with Crippen LogP contribution in [0.2, 0.25) is 0 Å². The fourth-order valence-corrected chi connectivity index (χ4v) is 8.03. The molecule has 12 nitrogen and oxygen atoms in total. The SMILES string of the molecule is CC(C)(C)OC(=O)C[C@H]1C[C@@H](CCNC(=O)[C@@H]2Cc3cc([N+](=O)[O-])ccc3N3CC4CC(Cn5c4cccc5=O)[C@@H]23)OC(C)(C)O1. The highest BCUT2D eigenvalue weighted by Crippen LogP contribution is 2.47. The second-order valence-corrected chi connectivity index (χ2v) is 14.6. The lowest BCUT2D eigenvalue weighted by molar-refractivity contribution is -0.384. The lowest BCUT2D eigenvalue weighted by atomic mass is 9.70. The number of piperidine rings is 1. The van der Waals surface area contributed by atoms with Gasteiger partial charge in [0.1, 0.15) is 5.60 Å². The van der Waals surface area contributed by atoms with Crippen LogP contribution >= 0.6 is 0 Å². The first-order valence-corrected chi connectivity index (χ1v) is 16.3. The molecule has 4 aliphatic rings. The summed E-state index contributed by atoms with van der Waals surface area (Å²) >= 11 is 0. The fourth-order valence-electron chi connectivity index (χ4n) is 8.03. The van der Waals surface area contributed by atoms with E-state index in [1.807, 2.05) is 51.3 Å². The number of nitro groups is 1. The molecule has 2 fully saturated rings. The molecular weight excluding hydrogens is 592 g/mol. The van der Waals surface area contributed by atoms with Crippen LogP contribution in [-0.4, -0.2) is 64.1 Å². The van der Waals surface area contributed by atoms with Crippen molar-refractivity contribution in [3.05, 3.63) is 68.1 Å². The topological polar surface area (TPSA) is 142 Å². The molecule has 2 aromatic rings. The van der Waals surface area contributed by atoms with Gasteiger partial charge in [-0.15, -0.1) is 0 Å². The first-order valence-electron chi connectivity index (χ1n) is 16.3. The van der Waals surface area contributed by atoms with Crippen LogP contribution in [0.1, 0.15) is 77.5 Å². The Morgan fingerprint density at radius 2 is 1.87 bits per heavy atom. The number of hydrogen-bond acceptors (Lipinski definition) is 9. The van der Waals surface area contributed by atoms with E-state index in [4.69, 9.17) is 14.2 Å². The van der Waals surface area contributed by atoms with Crippen molar-refractivity contribution < 1.29 is 28.7 Å². The summed E-state index contributed by atoms with van der Waals surface area (Å²) in [6.45, 7) is 10.6. The molecule has 2 saturated heterocycles. The van der Waals surface area contributed by atoms with Gasteiger partial charge in [-0.25, -0.2) is 0 Å². The number of nitro benzene ring substituents is 1. The van der Waals surface area contributed by atoms with Crippen LogP contribution in [-0.2, 0) is 36.8 Å². The third-order valence-electron chi connectivity index (χ3n) is 9.54. The third-order valence-corrected chi connectivity index (χ3v) is 9.54. The molecule has 1 N–H and O–H groups in total. The molecule has 2 bridgehead atoms. The van der Waals surface area contributed by atoms with Gasteiger partial charge in [0.05, 0.1) is 29.5 Å². The highest BCUT2D eigenvalue weighted by molar-refractivity contribution is 5.82. The largest absolute Gasteiger partial charge is 0.460 e. The Bertz CT molecular complexity index is 1580. The maximum Gasteiger partial charge on any atom is 0.308 e. The predicted molar refractivity (Wildman–Crippen MR) is 170 cm³/mol. The van der Waals surface area contributed by atoms with Crippen LogP contribution in [0.3, 0.4) is 0 Å². The summed E-state index contributed by atoms with van der Waals surface area (Å²) in [5.74, 6) is -1.60. The van der Waals surface area contributed by atoms with E-state index in [0.29, 0.717) is 38.9 Å². The molecule has 0 spiro atoms. The zero-order valence-electron chi connectivity index (χ0n) is 27.2. The molecule has 4 aliphatic heterocycles. The van der Waals surface area contributed by atoms with Crippen LogP contribution in [0.5, 0.6) is 0 Å². The minimum Gasteiger partial charge on any atom is -0.460 e. The van der Waals surface area contributed by atoms with Crippen LogP contribution < -0.4 is 15.8 Å². The summed E-state index contributed by atoms with van der Waals surface area (Å²) in [6.07, 6.45) is 1.79. The molecule has 0 aliphatic carbocycles. The zero-order valence-corrected chi connectivity index (χ0v) is 27.2. The van der Waals surface area contributed by atoms with Crippen molar-refractivity contribution in [1.29, 1.82) is 0 Å².